The van der Waals surface area contributed by atoms with Crippen molar-refractivity contribution in [1.82, 2.24) is 0 Å². The second kappa shape index (κ2) is 12.2. The van der Waals surface area contributed by atoms with Crippen LogP contribution in [0.15, 0.2) is 22.9 Å². The van der Waals surface area contributed by atoms with Crippen LogP contribution in [0.4, 0.5) is 11.4 Å². The van der Waals surface area contributed by atoms with E-state index in [0.29, 0.717) is 11.1 Å². The molecule has 4 heterocycles. The van der Waals surface area contributed by atoms with E-state index in [0.717, 1.165) is 59.9 Å². The molecule has 2 aromatic heterocycles. The second-order valence-electron chi connectivity index (χ2n) is 9.47. The Morgan fingerprint density at radius 2 is 0.971 bits per heavy atom. The number of anilines is 2. The normalized spacial score (nSPS) is 17.2. The van der Waals surface area contributed by atoms with Gasteiger partial charge in [-0.15, -0.1) is 22.7 Å². The van der Waals surface area contributed by atoms with Gasteiger partial charge in [0.15, 0.2) is 0 Å². The maximum absolute atomic E-state index is 13.6. The maximum atomic E-state index is 13.6. The molecule has 0 aromatic carbocycles. The Kier molecular flexibility index (Phi) is 9.01. The quantitative estimate of drug-likeness (QED) is 0.195. The summed E-state index contributed by atoms with van der Waals surface area (Å²) in [5.74, 6) is 0.0269. The first-order chi connectivity index (χ1) is 16.7. The molecule has 0 aliphatic carbocycles. The zero-order valence-corrected chi connectivity index (χ0v) is 22.4. The van der Waals surface area contributed by atoms with Crippen LogP contribution >= 0.6 is 22.7 Å². The summed E-state index contributed by atoms with van der Waals surface area (Å²) in [7, 11) is 0. The van der Waals surface area contributed by atoms with Crippen molar-refractivity contribution in [3.05, 3.63) is 32.6 Å². The van der Waals surface area contributed by atoms with E-state index in [-0.39, 0.29) is 11.8 Å². The van der Waals surface area contributed by atoms with E-state index < -0.39 is 0 Å². The summed E-state index contributed by atoms with van der Waals surface area (Å²) in [6, 6.07) is 4.09. The molecule has 0 unspecified atom stereocenters. The van der Waals surface area contributed by atoms with Crippen molar-refractivity contribution in [1.29, 1.82) is 0 Å². The van der Waals surface area contributed by atoms with Gasteiger partial charge in [0, 0.05) is 13.1 Å². The van der Waals surface area contributed by atoms with E-state index >= 15 is 0 Å². The molecule has 0 atom stereocenters. The predicted molar refractivity (Wildman–Crippen MR) is 147 cm³/mol. The van der Waals surface area contributed by atoms with Crippen LogP contribution in [0.2, 0.25) is 0 Å². The molecular weight excluding hydrogens is 460 g/mol. The lowest BCUT2D eigenvalue weighted by atomic mass is 10.1. The molecule has 2 amide bonds. The van der Waals surface area contributed by atoms with E-state index in [1.165, 1.54) is 51.4 Å². The van der Waals surface area contributed by atoms with Crippen molar-refractivity contribution in [3.63, 3.8) is 0 Å². The Balaban J connectivity index is 1.49. The lowest BCUT2D eigenvalue weighted by Crippen LogP contribution is -2.30. The van der Waals surface area contributed by atoms with Gasteiger partial charge in [0.05, 0.1) is 32.3 Å². The maximum Gasteiger partial charge on any atom is 0.260 e. The molecule has 0 saturated heterocycles. The first-order valence-corrected chi connectivity index (χ1v) is 15.0. The molecule has 184 valence electrons. The number of unbranched alkanes of at least 4 members (excludes halogenated alkanes) is 10. The molecule has 0 fully saturated rings. The van der Waals surface area contributed by atoms with Crippen molar-refractivity contribution in [2.75, 3.05) is 22.9 Å². The molecule has 0 saturated carbocycles. The molecule has 0 bridgehead atoms. The Bertz CT molecular complexity index is 939. The zero-order valence-electron chi connectivity index (χ0n) is 20.7. The van der Waals surface area contributed by atoms with Crippen LogP contribution < -0.4 is 9.80 Å². The lowest BCUT2D eigenvalue weighted by Gasteiger charge is -2.17. The van der Waals surface area contributed by atoms with Gasteiger partial charge in [0.2, 0.25) is 0 Å². The minimum atomic E-state index is 0.0134. The summed E-state index contributed by atoms with van der Waals surface area (Å²) in [5, 5.41) is 4.10. The van der Waals surface area contributed by atoms with E-state index in [1.54, 1.807) is 22.7 Å². The molecule has 4 rings (SSSR count). The molecule has 0 radical (unpaired) electrons. The van der Waals surface area contributed by atoms with E-state index in [1.807, 2.05) is 21.9 Å². The molecule has 2 aliphatic heterocycles. The summed E-state index contributed by atoms with van der Waals surface area (Å²) in [6.45, 7) is 5.93. The van der Waals surface area contributed by atoms with Crippen LogP contribution in [0.25, 0.3) is 11.1 Å². The highest BCUT2D eigenvalue weighted by atomic mass is 32.1. The van der Waals surface area contributed by atoms with Gasteiger partial charge in [0.1, 0.15) is 0 Å². The summed E-state index contributed by atoms with van der Waals surface area (Å²) in [5.41, 5.74) is 3.25. The number of nitrogens with zero attached hydrogens (tertiary/aromatic N) is 2. The number of thiophene rings is 2. The molecule has 0 spiro atoms. The minimum Gasteiger partial charge on any atom is -0.307 e. The summed E-state index contributed by atoms with van der Waals surface area (Å²) in [6.07, 6.45) is 14.4. The highest BCUT2D eigenvalue weighted by Gasteiger charge is 2.43. The fraction of sp³-hybridized carbons (Fsp3) is 0.571. The second-order valence-corrected chi connectivity index (χ2v) is 11.3. The van der Waals surface area contributed by atoms with Gasteiger partial charge in [-0.05, 0) is 35.7 Å². The van der Waals surface area contributed by atoms with Gasteiger partial charge in [-0.2, -0.15) is 0 Å². The zero-order chi connectivity index (χ0) is 23.9. The van der Waals surface area contributed by atoms with E-state index in [4.69, 9.17) is 0 Å². The van der Waals surface area contributed by atoms with Crippen molar-refractivity contribution in [2.45, 2.75) is 90.9 Å². The summed E-state index contributed by atoms with van der Waals surface area (Å²) < 4.78 is 0. The van der Waals surface area contributed by atoms with Crippen LogP contribution in [0.1, 0.15) is 101 Å². The molecule has 2 aromatic rings. The summed E-state index contributed by atoms with van der Waals surface area (Å²) in [4.78, 5) is 33.0. The lowest BCUT2D eigenvalue weighted by molar-refractivity contribution is -0.114. The molecule has 4 nitrogen and oxygen atoms in total. The monoisotopic (exact) mass is 498 g/mol. The fourth-order valence-electron chi connectivity index (χ4n) is 5.07. The van der Waals surface area contributed by atoms with Crippen LogP contribution in [-0.2, 0) is 9.59 Å². The van der Waals surface area contributed by atoms with Gasteiger partial charge < -0.3 is 9.80 Å². The van der Waals surface area contributed by atoms with Gasteiger partial charge in [-0.25, -0.2) is 0 Å². The van der Waals surface area contributed by atoms with Crippen molar-refractivity contribution >= 4 is 57.0 Å². The largest absolute Gasteiger partial charge is 0.307 e. The SMILES string of the molecule is CCCCCCCCN1C(=O)/C(=C2/C(=O)N(CCCCCCCC)c3ccsc32)c2sccc21. The fourth-order valence-corrected chi connectivity index (χ4v) is 6.95. The first-order valence-electron chi connectivity index (χ1n) is 13.2. The molecule has 6 heteroatoms. The highest BCUT2D eigenvalue weighted by Crippen LogP contribution is 2.50. The number of amides is 2. The average molecular weight is 499 g/mol. The van der Waals surface area contributed by atoms with Crippen LogP contribution in [0, 0.1) is 0 Å². The smallest absolute Gasteiger partial charge is 0.260 e. The first kappa shape index (κ1) is 25.2. The molecule has 0 N–H and O–H groups in total. The number of hydrogen-bond donors (Lipinski definition) is 0. The third kappa shape index (κ3) is 5.18. The van der Waals surface area contributed by atoms with Crippen molar-refractivity contribution in [3.8, 4) is 0 Å². The standard InChI is InChI=1S/C28H38N2O2S2/c1-3-5-7-9-11-13-17-29-21-15-19-33-25(21)23(27(29)31)24-26-22(16-20-34-26)30(28(24)32)18-14-12-10-8-6-4-2/h15-16,19-20H,3-14,17-18H2,1-2H3/b24-23+. The third-order valence-electron chi connectivity index (χ3n) is 6.96. The third-order valence-corrected chi connectivity index (χ3v) is 8.81. The highest BCUT2D eigenvalue weighted by molar-refractivity contribution is 7.14. The topological polar surface area (TPSA) is 40.6 Å². The Morgan fingerprint density at radius 1 is 0.588 bits per heavy atom. The number of fused-ring (bicyclic) bond motifs is 2. The molecular formula is C28H38N2O2S2. The van der Waals surface area contributed by atoms with Crippen molar-refractivity contribution < 1.29 is 9.59 Å². The van der Waals surface area contributed by atoms with Gasteiger partial charge >= 0.3 is 0 Å². The summed E-state index contributed by atoms with van der Waals surface area (Å²) >= 11 is 3.18. The Hall–Kier alpha value is -1.92. The van der Waals surface area contributed by atoms with E-state index in [9.17, 15) is 9.59 Å². The van der Waals surface area contributed by atoms with Crippen LogP contribution in [-0.4, -0.2) is 24.9 Å². The van der Waals surface area contributed by atoms with E-state index in [2.05, 4.69) is 24.6 Å². The van der Waals surface area contributed by atoms with Gasteiger partial charge in [-0.1, -0.05) is 78.1 Å². The Morgan fingerprint density at radius 3 is 1.38 bits per heavy atom. The molecule has 2 aliphatic rings. The number of hydrogen-bond acceptors (Lipinski definition) is 4. The van der Waals surface area contributed by atoms with Gasteiger partial charge in [-0.3, -0.25) is 9.59 Å². The predicted octanol–water partition coefficient (Wildman–Crippen LogP) is 8.13. The van der Waals surface area contributed by atoms with Gasteiger partial charge in [0.25, 0.3) is 11.8 Å². The number of rotatable bonds is 14. The minimum absolute atomic E-state index is 0.0134. The number of carbonyl (C=O) groups is 2. The average Bonchev–Trinajstić information content (AvgIpc) is 3.59. The van der Waals surface area contributed by atoms with Crippen molar-refractivity contribution in [2.24, 2.45) is 0 Å². The van der Waals surface area contributed by atoms with Crippen LogP contribution in [0.5, 0.6) is 0 Å². The Labute approximate surface area is 212 Å². The number of carbonyl (C=O) groups excluding carboxylic acids is 2. The molecule has 34 heavy (non-hydrogen) atoms. The van der Waals surface area contributed by atoms with Crippen LogP contribution in [0.3, 0.4) is 0 Å².